The molecule has 0 unspecified atom stereocenters. The SMILES string of the molecule is CN(C)C(=O)c1coc(COc2ccc3ncccc3c2)n1. The zero-order valence-electron chi connectivity index (χ0n) is 12.3. The van der Waals surface area contributed by atoms with Crippen LogP contribution in [0.2, 0.25) is 0 Å². The van der Waals surface area contributed by atoms with Crippen LogP contribution < -0.4 is 4.74 Å². The summed E-state index contributed by atoms with van der Waals surface area (Å²) in [4.78, 5) is 21.5. The average Bonchev–Trinajstić information content (AvgIpc) is 3.00. The molecule has 0 bridgehead atoms. The van der Waals surface area contributed by atoms with Gasteiger partial charge in [0, 0.05) is 25.7 Å². The minimum absolute atomic E-state index is 0.159. The zero-order valence-corrected chi connectivity index (χ0v) is 12.3. The lowest BCUT2D eigenvalue weighted by Crippen LogP contribution is -2.22. The number of oxazole rings is 1. The molecule has 22 heavy (non-hydrogen) atoms. The Bertz CT molecular complexity index is 811. The summed E-state index contributed by atoms with van der Waals surface area (Å²) in [5, 5.41) is 0.996. The molecule has 0 aliphatic heterocycles. The van der Waals surface area contributed by atoms with Gasteiger partial charge in [0.1, 0.15) is 12.0 Å². The molecule has 112 valence electrons. The van der Waals surface area contributed by atoms with Gasteiger partial charge in [0.05, 0.1) is 5.52 Å². The number of hydrogen-bond acceptors (Lipinski definition) is 5. The maximum absolute atomic E-state index is 11.7. The maximum atomic E-state index is 11.7. The van der Waals surface area contributed by atoms with Crippen molar-refractivity contribution in [2.75, 3.05) is 14.1 Å². The summed E-state index contributed by atoms with van der Waals surface area (Å²) in [6.07, 6.45) is 3.09. The van der Waals surface area contributed by atoms with E-state index in [1.807, 2.05) is 30.3 Å². The van der Waals surface area contributed by atoms with Gasteiger partial charge in [-0.3, -0.25) is 9.78 Å². The molecule has 3 rings (SSSR count). The van der Waals surface area contributed by atoms with Crippen LogP contribution >= 0.6 is 0 Å². The minimum Gasteiger partial charge on any atom is -0.484 e. The van der Waals surface area contributed by atoms with Crippen molar-refractivity contribution in [3.05, 3.63) is 54.4 Å². The van der Waals surface area contributed by atoms with Crippen molar-refractivity contribution in [3.8, 4) is 5.75 Å². The van der Waals surface area contributed by atoms with Gasteiger partial charge in [-0.25, -0.2) is 4.98 Å². The van der Waals surface area contributed by atoms with Crippen molar-refractivity contribution >= 4 is 16.8 Å². The molecule has 0 fully saturated rings. The number of carbonyl (C=O) groups is 1. The number of aromatic nitrogens is 2. The first-order chi connectivity index (χ1) is 10.6. The van der Waals surface area contributed by atoms with Crippen LogP contribution in [0, 0.1) is 0 Å². The number of benzene rings is 1. The van der Waals surface area contributed by atoms with Crippen molar-refractivity contribution in [1.29, 1.82) is 0 Å². The highest BCUT2D eigenvalue weighted by Gasteiger charge is 2.14. The highest BCUT2D eigenvalue weighted by Crippen LogP contribution is 2.20. The lowest BCUT2D eigenvalue weighted by Gasteiger charge is -2.06. The van der Waals surface area contributed by atoms with Crippen LogP contribution in [0.25, 0.3) is 10.9 Å². The lowest BCUT2D eigenvalue weighted by molar-refractivity contribution is 0.0822. The fourth-order valence-electron chi connectivity index (χ4n) is 1.99. The van der Waals surface area contributed by atoms with Crippen molar-refractivity contribution in [3.63, 3.8) is 0 Å². The molecule has 0 saturated heterocycles. The molecule has 1 amide bonds. The van der Waals surface area contributed by atoms with Gasteiger partial charge >= 0.3 is 0 Å². The Hall–Kier alpha value is -2.89. The molecule has 0 atom stereocenters. The fraction of sp³-hybridized carbons (Fsp3) is 0.188. The molecular weight excluding hydrogens is 282 g/mol. The number of carbonyl (C=O) groups excluding carboxylic acids is 1. The van der Waals surface area contributed by atoms with Crippen LogP contribution in [-0.2, 0) is 6.61 Å². The maximum Gasteiger partial charge on any atom is 0.275 e. The Kier molecular flexibility index (Phi) is 3.74. The van der Waals surface area contributed by atoms with E-state index in [2.05, 4.69) is 9.97 Å². The fourth-order valence-corrected chi connectivity index (χ4v) is 1.99. The van der Waals surface area contributed by atoms with Crippen molar-refractivity contribution in [1.82, 2.24) is 14.9 Å². The van der Waals surface area contributed by atoms with Gasteiger partial charge in [0.2, 0.25) is 5.89 Å². The Morgan fingerprint density at radius 3 is 3.00 bits per heavy atom. The third-order valence-corrected chi connectivity index (χ3v) is 3.11. The normalized spacial score (nSPS) is 10.6. The first-order valence-electron chi connectivity index (χ1n) is 6.77. The van der Waals surface area contributed by atoms with Gasteiger partial charge in [0.25, 0.3) is 5.91 Å². The van der Waals surface area contributed by atoms with Gasteiger partial charge < -0.3 is 14.1 Å². The molecule has 2 aromatic heterocycles. The molecular formula is C16H15N3O3. The number of fused-ring (bicyclic) bond motifs is 1. The molecule has 0 N–H and O–H groups in total. The quantitative estimate of drug-likeness (QED) is 0.740. The standard InChI is InChI=1S/C16H15N3O3/c1-19(2)16(20)14-9-22-15(18-14)10-21-12-5-6-13-11(8-12)4-3-7-17-13/h3-9H,10H2,1-2H3. The molecule has 0 radical (unpaired) electrons. The second-order valence-electron chi connectivity index (χ2n) is 4.97. The highest BCUT2D eigenvalue weighted by molar-refractivity contribution is 5.91. The number of ether oxygens (including phenoxy) is 1. The van der Waals surface area contributed by atoms with E-state index in [-0.39, 0.29) is 18.2 Å². The third kappa shape index (κ3) is 2.90. The van der Waals surface area contributed by atoms with Crippen molar-refractivity contribution in [2.24, 2.45) is 0 Å². The molecule has 6 nitrogen and oxygen atoms in total. The summed E-state index contributed by atoms with van der Waals surface area (Å²) in [5.41, 5.74) is 1.18. The second-order valence-corrected chi connectivity index (χ2v) is 4.97. The van der Waals surface area contributed by atoms with Crippen molar-refractivity contribution < 1.29 is 13.9 Å². The summed E-state index contributed by atoms with van der Waals surface area (Å²) < 4.78 is 10.9. The van der Waals surface area contributed by atoms with Gasteiger partial charge in [-0.2, -0.15) is 0 Å². The van der Waals surface area contributed by atoms with E-state index in [1.54, 1.807) is 20.3 Å². The van der Waals surface area contributed by atoms with Gasteiger partial charge in [-0.1, -0.05) is 6.07 Å². The van der Waals surface area contributed by atoms with E-state index >= 15 is 0 Å². The Morgan fingerprint density at radius 2 is 2.18 bits per heavy atom. The third-order valence-electron chi connectivity index (χ3n) is 3.11. The Balaban J connectivity index is 1.70. The molecule has 3 aromatic rings. The zero-order chi connectivity index (χ0) is 15.5. The molecule has 0 aliphatic carbocycles. The van der Waals surface area contributed by atoms with Gasteiger partial charge in [0.15, 0.2) is 12.3 Å². The summed E-state index contributed by atoms with van der Waals surface area (Å²) >= 11 is 0. The smallest absolute Gasteiger partial charge is 0.275 e. The van der Waals surface area contributed by atoms with Gasteiger partial charge in [-0.05, 0) is 24.3 Å². The van der Waals surface area contributed by atoms with E-state index in [0.717, 1.165) is 10.9 Å². The summed E-state index contributed by atoms with van der Waals surface area (Å²) in [6.45, 7) is 0.159. The second kappa shape index (κ2) is 5.85. The van der Waals surface area contributed by atoms with Crippen LogP contribution in [0.15, 0.2) is 47.2 Å². The van der Waals surface area contributed by atoms with Crippen molar-refractivity contribution in [2.45, 2.75) is 6.61 Å². The number of hydrogen-bond donors (Lipinski definition) is 0. The number of amides is 1. The predicted molar refractivity (Wildman–Crippen MR) is 80.6 cm³/mol. The van der Waals surface area contributed by atoms with E-state index in [0.29, 0.717) is 11.6 Å². The predicted octanol–water partition coefficient (Wildman–Crippen LogP) is 2.50. The van der Waals surface area contributed by atoms with E-state index in [1.165, 1.54) is 11.2 Å². The van der Waals surface area contributed by atoms with Gasteiger partial charge in [-0.15, -0.1) is 0 Å². The van der Waals surface area contributed by atoms with E-state index < -0.39 is 0 Å². The molecule has 1 aromatic carbocycles. The first-order valence-corrected chi connectivity index (χ1v) is 6.77. The number of rotatable bonds is 4. The molecule has 0 saturated carbocycles. The monoisotopic (exact) mass is 297 g/mol. The van der Waals surface area contributed by atoms with E-state index in [4.69, 9.17) is 9.15 Å². The van der Waals surface area contributed by atoms with Crippen LogP contribution in [0.4, 0.5) is 0 Å². The highest BCUT2D eigenvalue weighted by atomic mass is 16.5. The van der Waals surface area contributed by atoms with Crippen LogP contribution in [0.5, 0.6) is 5.75 Å². The number of pyridine rings is 1. The minimum atomic E-state index is -0.202. The summed E-state index contributed by atoms with van der Waals surface area (Å²) in [6, 6.07) is 9.47. The lowest BCUT2D eigenvalue weighted by atomic mass is 10.2. The largest absolute Gasteiger partial charge is 0.484 e. The molecule has 0 spiro atoms. The molecule has 2 heterocycles. The number of nitrogens with zero attached hydrogens (tertiary/aromatic N) is 3. The topological polar surface area (TPSA) is 68.5 Å². The summed E-state index contributed by atoms with van der Waals surface area (Å²) in [7, 11) is 3.33. The van der Waals surface area contributed by atoms with Crippen LogP contribution in [0.3, 0.4) is 0 Å². The average molecular weight is 297 g/mol. The van der Waals surface area contributed by atoms with Crippen LogP contribution in [-0.4, -0.2) is 34.9 Å². The summed E-state index contributed by atoms with van der Waals surface area (Å²) in [5.74, 6) is 0.849. The molecule has 0 aliphatic rings. The van der Waals surface area contributed by atoms with E-state index in [9.17, 15) is 4.79 Å². The Morgan fingerprint density at radius 1 is 1.32 bits per heavy atom. The van der Waals surface area contributed by atoms with Crippen LogP contribution in [0.1, 0.15) is 16.4 Å². The molecule has 6 heteroatoms. The Labute approximate surface area is 127 Å². The first kappa shape index (κ1) is 14.1.